The fourth-order valence-corrected chi connectivity index (χ4v) is 3.59. The van der Waals surface area contributed by atoms with Crippen molar-refractivity contribution in [3.63, 3.8) is 0 Å². The second-order valence-corrected chi connectivity index (χ2v) is 6.76. The van der Waals surface area contributed by atoms with Gasteiger partial charge >= 0.3 is 0 Å². The Morgan fingerprint density at radius 3 is 2.54 bits per heavy atom. The van der Waals surface area contributed by atoms with Gasteiger partial charge in [0, 0.05) is 38.0 Å². The van der Waals surface area contributed by atoms with Crippen molar-refractivity contribution >= 4 is 11.9 Å². The van der Waals surface area contributed by atoms with E-state index in [0.717, 1.165) is 13.1 Å². The van der Waals surface area contributed by atoms with Gasteiger partial charge in [0.1, 0.15) is 0 Å². The number of rotatable bonds is 5. The van der Waals surface area contributed by atoms with Crippen molar-refractivity contribution in [2.24, 2.45) is 5.92 Å². The van der Waals surface area contributed by atoms with Gasteiger partial charge < -0.3 is 15.3 Å². The summed E-state index contributed by atoms with van der Waals surface area (Å²) in [4.78, 5) is 25.2. The van der Waals surface area contributed by atoms with E-state index in [9.17, 15) is 9.90 Å². The topological polar surface area (TPSA) is 81.6 Å². The lowest BCUT2D eigenvalue weighted by Gasteiger charge is -2.22. The van der Waals surface area contributed by atoms with Crippen LogP contribution in [0.1, 0.15) is 25.7 Å². The highest BCUT2D eigenvalue weighted by molar-refractivity contribution is 5.78. The molecule has 1 aromatic rings. The predicted octanol–water partition coefficient (Wildman–Crippen LogP) is 0.266. The second-order valence-electron chi connectivity index (χ2n) is 6.76. The Morgan fingerprint density at radius 2 is 1.88 bits per heavy atom. The average Bonchev–Trinajstić information content (AvgIpc) is 2.83. The number of aliphatic hydroxyl groups is 1. The van der Waals surface area contributed by atoms with Gasteiger partial charge in [-0.25, -0.2) is 9.97 Å². The second kappa shape index (κ2) is 8.39. The van der Waals surface area contributed by atoms with Crippen LogP contribution in [0.5, 0.6) is 0 Å². The molecule has 2 aliphatic rings. The molecule has 132 valence electrons. The van der Waals surface area contributed by atoms with Crippen LogP contribution in [-0.2, 0) is 4.79 Å². The van der Waals surface area contributed by atoms with Gasteiger partial charge in [-0.3, -0.25) is 9.69 Å². The Kier molecular flexibility index (Phi) is 5.98. The van der Waals surface area contributed by atoms with E-state index < -0.39 is 0 Å². The molecular weight excluding hydrogens is 306 g/mol. The number of aliphatic hydroxyl groups excluding tert-OH is 1. The van der Waals surface area contributed by atoms with Crippen molar-refractivity contribution in [1.82, 2.24) is 20.2 Å². The first-order chi connectivity index (χ1) is 11.8. The summed E-state index contributed by atoms with van der Waals surface area (Å²) in [5, 5.41) is 12.8. The zero-order chi connectivity index (χ0) is 16.8. The molecule has 0 radical (unpaired) electrons. The maximum atomic E-state index is 12.4. The Morgan fingerprint density at radius 1 is 1.17 bits per heavy atom. The highest BCUT2D eigenvalue weighted by atomic mass is 16.3. The van der Waals surface area contributed by atoms with Crippen LogP contribution >= 0.6 is 0 Å². The molecule has 24 heavy (non-hydrogen) atoms. The van der Waals surface area contributed by atoms with Gasteiger partial charge in [-0.2, -0.15) is 0 Å². The van der Waals surface area contributed by atoms with E-state index in [4.69, 9.17) is 0 Å². The maximum absolute atomic E-state index is 12.4. The van der Waals surface area contributed by atoms with Gasteiger partial charge in [0.2, 0.25) is 11.9 Å². The third kappa shape index (κ3) is 4.42. The predicted molar refractivity (Wildman–Crippen MR) is 91.7 cm³/mol. The van der Waals surface area contributed by atoms with Crippen molar-refractivity contribution in [3.8, 4) is 0 Å². The van der Waals surface area contributed by atoms with E-state index in [0.29, 0.717) is 25.6 Å². The van der Waals surface area contributed by atoms with E-state index >= 15 is 0 Å². The summed E-state index contributed by atoms with van der Waals surface area (Å²) in [6.07, 6.45) is 8.30. The van der Waals surface area contributed by atoms with Gasteiger partial charge in [0.25, 0.3) is 0 Å². The lowest BCUT2D eigenvalue weighted by atomic mass is 10.1. The zero-order valence-electron chi connectivity index (χ0n) is 14.1. The molecule has 3 heterocycles. The molecular formula is C17H27N5O2. The van der Waals surface area contributed by atoms with Crippen molar-refractivity contribution in [2.45, 2.75) is 31.7 Å². The molecule has 0 bridgehead atoms. The minimum Gasteiger partial charge on any atom is -0.396 e. The molecule has 2 atom stereocenters. The molecule has 1 amide bonds. The fourth-order valence-electron chi connectivity index (χ4n) is 3.59. The molecule has 1 aromatic heterocycles. The van der Waals surface area contributed by atoms with E-state index in [2.05, 4.69) is 20.2 Å². The smallest absolute Gasteiger partial charge is 0.234 e. The van der Waals surface area contributed by atoms with Gasteiger partial charge in [0.05, 0.1) is 12.6 Å². The molecule has 0 unspecified atom stereocenters. The van der Waals surface area contributed by atoms with Gasteiger partial charge in [0.15, 0.2) is 0 Å². The Balaban J connectivity index is 1.54. The van der Waals surface area contributed by atoms with Crippen LogP contribution in [0.2, 0.25) is 0 Å². The van der Waals surface area contributed by atoms with E-state index in [1.54, 1.807) is 18.5 Å². The molecule has 2 N–H and O–H groups in total. The normalized spacial score (nSPS) is 25.5. The molecule has 0 spiro atoms. The molecule has 7 nitrogen and oxygen atoms in total. The molecule has 2 saturated heterocycles. The van der Waals surface area contributed by atoms with Crippen LogP contribution in [0, 0.1) is 5.92 Å². The summed E-state index contributed by atoms with van der Waals surface area (Å²) >= 11 is 0. The van der Waals surface area contributed by atoms with Crippen LogP contribution in [0.3, 0.4) is 0 Å². The fraction of sp³-hybridized carbons (Fsp3) is 0.706. The number of amides is 1. The van der Waals surface area contributed by atoms with Crippen LogP contribution in [0.15, 0.2) is 18.5 Å². The first-order valence-corrected chi connectivity index (χ1v) is 8.91. The number of hydrogen-bond acceptors (Lipinski definition) is 6. The van der Waals surface area contributed by atoms with Gasteiger partial charge in [-0.1, -0.05) is 12.8 Å². The Hall–Kier alpha value is -1.73. The van der Waals surface area contributed by atoms with Crippen molar-refractivity contribution in [1.29, 1.82) is 0 Å². The summed E-state index contributed by atoms with van der Waals surface area (Å²) in [6.45, 7) is 3.82. The van der Waals surface area contributed by atoms with Crippen LogP contribution in [0.25, 0.3) is 0 Å². The summed E-state index contributed by atoms with van der Waals surface area (Å²) in [6, 6.07) is 1.72. The summed E-state index contributed by atoms with van der Waals surface area (Å²) in [5.74, 6) is 0.721. The third-order valence-electron chi connectivity index (χ3n) is 4.92. The molecule has 7 heteroatoms. The van der Waals surface area contributed by atoms with E-state index in [-0.39, 0.29) is 24.5 Å². The number of anilines is 1. The molecule has 0 aromatic carbocycles. The monoisotopic (exact) mass is 333 g/mol. The minimum atomic E-state index is -0.0571. The van der Waals surface area contributed by atoms with Crippen LogP contribution < -0.4 is 10.2 Å². The SMILES string of the molecule is O=C(CN1CCCCCC1)N[C@@H]1CN(c2ncccn2)C[C@H]1CO. The molecule has 2 fully saturated rings. The molecule has 2 aliphatic heterocycles. The van der Waals surface area contributed by atoms with Crippen LogP contribution in [0.4, 0.5) is 5.95 Å². The van der Waals surface area contributed by atoms with Crippen molar-refractivity contribution in [2.75, 3.05) is 44.2 Å². The number of nitrogens with one attached hydrogen (secondary N) is 1. The number of nitrogens with zero attached hydrogens (tertiary/aromatic N) is 4. The van der Waals surface area contributed by atoms with Gasteiger partial charge in [-0.15, -0.1) is 0 Å². The quantitative estimate of drug-likeness (QED) is 0.805. The highest BCUT2D eigenvalue weighted by Gasteiger charge is 2.34. The number of likely N-dealkylation sites (tertiary alicyclic amines) is 1. The largest absolute Gasteiger partial charge is 0.396 e. The maximum Gasteiger partial charge on any atom is 0.234 e. The van der Waals surface area contributed by atoms with E-state index in [1.165, 1.54) is 25.7 Å². The third-order valence-corrected chi connectivity index (χ3v) is 4.92. The molecule has 0 saturated carbocycles. The standard InChI is InChI=1S/C17H27N5O2/c23-13-14-10-22(17-18-6-5-7-19-17)11-15(14)20-16(24)12-21-8-3-1-2-4-9-21/h5-7,14-15,23H,1-4,8-13H2,(H,20,24)/t14-,15+/m0/s1. The van der Waals surface area contributed by atoms with Crippen molar-refractivity contribution in [3.05, 3.63) is 18.5 Å². The lowest BCUT2D eigenvalue weighted by Crippen LogP contribution is -2.46. The minimum absolute atomic E-state index is 0.0156. The van der Waals surface area contributed by atoms with Crippen LogP contribution in [-0.4, -0.2) is 71.3 Å². The first kappa shape index (κ1) is 17.1. The first-order valence-electron chi connectivity index (χ1n) is 8.91. The zero-order valence-corrected chi connectivity index (χ0v) is 14.1. The Labute approximate surface area is 143 Å². The summed E-state index contributed by atoms with van der Waals surface area (Å²) in [7, 11) is 0. The highest BCUT2D eigenvalue weighted by Crippen LogP contribution is 2.20. The number of hydrogen-bond donors (Lipinski definition) is 2. The summed E-state index contributed by atoms with van der Waals surface area (Å²) in [5.41, 5.74) is 0. The molecule has 3 rings (SSSR count). The van der Waals surface area contributed by atoms with Gasteiger partial charge in [-0.05, 0) is 32.0 Å². The van der Waals surface area contributed by atoms with Crippen molar-refractivity contribution < 1.29 is 9.90 Å². The Bertz CT molecular complexity index is 519. The number of carbonyl (C=O) groups excluding carboxylic acids is 1. The lowest BCUT2D eigenvalue weighted by molar-refractivity contribution is -0.123. The average molecular weight is 333 g/mol. The van der Waals surface area contributed by atoms with E-state index in [1.807, 2.05) is 4.90 Å². The molecule has 0 aliphatic carbocycles. The number of aromatic nitrogens is 2. The summed E-state index contributed by atoms with van der Waals surface area (Å²) < 4.78 is 0. The number of carbonyl (C=O) groups is 1.